The smallest absolute Gasteiger partial charge is 0.306 e. The number of carbonyl (C=O) groups excluding carboxylic acids is 3. The first-order valence-corrected chi connectivity index (χ1v) is 20.3. The van der Waals surface area contributed by atoms with E-state index >= 15 is 0 Å². The zero-order valence-electron chi connectivity index (χ0n) is 32.3. The predicted octanol–water partition coefficient (Wildman–Crippen LogP) is 10.9. The summed E-state index contributed by atoms with van der Waals surface area (Å²) < 4.78 is 19.0. The minimum absolute atomic E-state index is 0.0637. The van der Waals surface area contributed by atoms with Crippen molar-refractivity contribution in [3.05, 3.63) is 18.2 Å². The van der Waals surface area contributed by atoms with Crippen molar-refractivity contribution in [2.75, 3.05) is 13.2 Å². The van der Waals surface area contributed by atoms with Crippen LogP contribution in [0.2, 0.25) is 0 Å². The SMILES string of the molecule is CCCCC(CC)CCC(=O)OCCCCCCC(CCCCCCOC(=O)CCC(CC)CCCC)OC(=O)CCCn1ccnc1C. The second kappa shape index (κ2) is 30.4. The van der Waals surface area contributed by atoms with Gasteiger partial charge in [0.1, 0.15) is 11.9 Å². The maximum absolute atomic E-state index is 12.7. The second-order valence-electron chi connectivity index (χ2n) is 14.1. The van der Waals surface area contributed by atoms with Gasteiger partial charge in [0.05, 0.1) is 13.2 Å². The maximum Gasteiger partial charge on any atom is 0.306 e. The molecule has 8 heteroatoms. The van der Waals surface area contributed by atoms with Crippen LogP contribution in [0, 0.1) is 18.8 Å². The Bertz CT molecular complexity index is 918. The highest BCUT2D eigenvalue weighted by Gasteiger charge is 2.15. The van der Waals surface area contributed by atoms with E-state index < -0.39 is 0 Å². The van der Waals surface area contributed by atoms with E-state index in [4.69, 9.17) is 14.2 Å². The summed E-state index contributed by atoms with van der Waals surface area (Å²) in [6.45, 7) is 12.6. The average molecular weight is 691 g/mol. The van der Waals surface area contributed by atoms with Gasteiger partial charge in [-0.2, -0.15) is 0 Å². The standard InChI is InChI=1S/C41H74N2O6/c1-6-10-21-36(8-3)26-28-39(44)47-33-18-14-12-16-23-38(49-41(46)25-20-31-43-32-30-42-35(43)5)24-17-13-15-19-34-48-40(45)29-27-37(9-4)22-11-7-2/h30,32,36-38H,6-29,31,33-34H2,1-5H3. The Morgan fingerprint density at radius 2 is 1.12 bits per heavy atom. The Kier molecular flexibility index (Phi) is 27.7. The molecule has 2 atom stereocenters. The molecule has 8 nitrogen and oxygen atoms in total. The summed E-state index contributed by atoms with van der Waals surface area (Å²) in [5.74, 6) is 1.96. The van der Waals surface area contributed by atoms with Crippen molar-refractivity contribution in [2.45, 2.75) is 201 Å². The maximum atomic E-state index is 12.7. The molecule has 0 aliphatic heterocycles. The van der Waals surface area contributed by atoms with Crippen LogP contribution in [-0.4, -0.2) is 46.8 Å². The van der Waals surface area contributed by atoms with Crippen molar-refractivity contribution >= 4 is 17.9 Å². The van der Waals surface area contributed by atoms with Crippen LogP contribution in [0.4, 0.5) is 0 Å². The summed E-state index contributed by atoms with van der Waals surface area (Å²) in [5.41, 5.74) is 0. The molecule has 1 rings (SSSR count). The van der Waals surface area contributed by atoms with E-state index in [9.17, 15) is 14.4 Å². The van der Waals surface area contributed by atoms with Gasteiger partial charge >= 0.3 is 17.9 Å². The molecule has 49 heavy (non-hydrogen) atoms. The topological polar surface area (TPSA) is 96.7 Å². The van der Waals surface area contributed by atoms with Crippen LogP contribution >= 0.6 is 0 Å². The molecular formula is C41H74N2O6. The molecular weight excluding hydrogens is 616 g/mol. The van der Waals surface area contributed by atoms with Gasteiger partial charge in [-0.3, -0.25) is 14.4 Å². The van der Waals surface area contributed by atoms with E-state index in [0.29, 0.717) is 44.3 Å². The third-order valence-corrected chi connectivity index (χ3v) is 9.97. The van der Waals surface area contributed by atoms with Crippen molar-refractivity contribution in [3.63, 3.8) is 0 Å². The van der Waals surface area contributed by atoms with Crippen LogP contribution < -0.4 is 0 Å². The number of rotatable bonds is 33. The number of unbranched alkanes of at least 4 members (excludes halogenated alkanes) is 8. The number of ether oxygens (including phenoxy) is 3. The monoisotopic (exact) mass is 691 g/mol. The molecule has 0 amide bonds. The molecule has 1 aromatic rings. The summed E-state index contributed by atoms with van der Waals surface area (Å²) >= 11 is 0. The van der Waals surface area contributed by atoms with Crippen LogP contribution in [-0.2, 0) is 35.1 Å². The Morgan fingerprint density at radius 3 is 1.57 bits per heavy atom. The zero-order valence-corrected chi connectivity index (χ0v) is 32.3. The van der Waals surface area contributed by atoms with Crippen LogP contribution in [0.5, 0.6) is 0 Å². The van der Waals surface area contributed by atoms with E-state index in [1.54, 1.807) is 6.20 Å². The summed E-state index contributed by atoms with van der Waals surface area (Å²) in [5, 5.41) is 0. The molecule has 0 radical (unpaired) electrons. The molecule has 0 saturated heterocycles. The van der Waals surface area contributed by atoms with E-state index in [2.05, 4.69) is 37.2 Å². The highest BCUT2D eigenvalue weighted by Crippen LogP contribution is 2.21. The fourth-order valence-electron chi connectivity index (χ4n) is 6.45. The van der Waals surface area contributed by atoms with Crippen molar-refractivity contribution in [1.29, 1.82) is 0 Å². The zero-order chi connectivity index (χ0) is 36.0. The van der Waals surface area contributed by atoms with Gasteiger partial charge in [0.2, 0.25) is 0 Å². The summed E-state index contributed by atoms with van der Waals surface area (Å²) in [4.78, 5) is 41.3. The minimum atomic E-state index is -0.124. The molecule has 0 fully saturated rings. The quantitative estimate of drug-likeness (QED) is 0.0411. The van der Waals surface area contributed by atoms with Crippen LogP contribution in [0.15, 0.2) is 12.4 Å². The Labute approximate surface area is 300 Å². The number of aromatic nitrogens is 2. The molecule has 0 N–H and O–H groups in total. The molecule has 0 saturated carbocycles. The van der Waals surface area contributed by atoms with Gasteiger partial charge in [-0.25, -0.2) is 4.98 Å². The fraction of sp³-hybridized carbons (Fsp3) is 0.854. The lowest BCUT2D eigenvalue weighted by Gasteiger charge is -2.18. The molecule has 0 aromatic carbocycles. The first kappa shape index (κ1) is 44.6. The first-order valence-electron chi connectivity index (χ1n) is 20.3. The lowest BCUT2D eigenvalue weighted by atomic mass is 9.94. The molecule has 284 valence electrons. The van der Waals surface area contributed by atoms with Gasteiger partial charge in [-0.05, 0) is 76.5 Å². The lowest BCUT2D eigenvalue weighted by Crippen LogP contribution is -2.19. The van der Waals surface area contributed by atoms with Gasteiger partial charge < -0.3 is 18.8 Å². The molecule has 0 aliphatic rings. The summed E-state index contributed by atoms with van der Waals surface area (Å²) in [7, 11) is 0. The first-order chi connectivity index (χ1) is 23.8. The third kappa shape index (κ3) is 24.4. The number of nitrogens with zero attached hydrogens (tertiary/aromatic N) is 2. The van der Waals surface area contributed by atoms with Gasteiger partial charge in [-0.15, -0.1) is 0 Å². The van der Waals surface area contributed by atoms with Gasteiger partial charge in [0.25, 0.3) is 0 Å². The van der Waals surface area contributed by atoms with Gasteiger partial charge in [-0.1, -0.05) is 105 Å². The van der Waals surface area contributed by atoms with Crippen LogP contribution in [0.25, 0.3) is 0 Å². The number of aryl methyl sites for hydroxylation is 2. The van der Waals surface area contributed by atoms with E-state index in [0.717, 1.165) is 109 Å². The van der Waals surface area contributed by atoms with Crippen molar-refractivity contribution in [3.8, 4) is 0 Å². The van der Waals surface area contributed by atoms with Crippen LogP contribution in [0.3, 0.4) is 0 Å². The third-order valence-electron chi connectivity index (χ3n) is 9.97. The van der Waals surface area contributed by atoms with Crippen LogP contribution in [0.1, 0.15) is 188 Å². The normalized spacial score (nSPS) is 13.2. The molecule has 0 spiro atoms. The fourth-order valence-corrected chi connectivity index (χ4v) is 6.45. The minimum Gasteiger partial charge on any atom is -0.466 e. The molecule has 1 aromatic heterocycles. The number of carbonyl (C=O) groups is 3. The average Bonchev–Trinajstić information content (AvgIpc) is 3.51. The predicted molar refractivity (Wildman–Crippen MR) is 199 cm³/mol. The number of hydrogen-bond donors (Lipinski definition) is 0. The van der Waals surface area contributed by atoms with E-state index in [-0.39, 0.29) is 24.0 Å². The van der Waals surface area contributed by atoms with Gasteiger partial charge in [0, 0.05) is 38.2 Å². The highest BCUT2D eigenvalue weighted by atomic mass is 16.5. The summed E-state index contributed by atoms with van der Waals surface area (Å²) in [6, 6.07) is 0. The number of esters is 3. The van der Waals surface area contributed by atoms with Crippen molar-refractivity contribution in [1.82, 2.24) is 9.55 Å². The number of imidazole rings is 1. The number of hydrogen-bond acceptors (Lipinski definition) is 7. The second-order valence-corrected chi connectivity index (χ2v) is 14.1. The highest BCUT2D eigenvalue weighted by molar-refractivity contribution is 5.70. The Hall–Kier alpha value is -2.38. The molecule has 0 bridgehead atoms. The molecule has 1 heterocycles. The summed E-state index contributed by atoms with van der Waals surface area (Å²) in [6.07, 6.45) is 26.8. The van der Waals surface area contributed by atoms with Crippen molar-refractivity contribution in [2.24, 2.45) is 11.8 Å². The van der Waals surface area contributed by atoms with Gasteiger partial charge in [0.15, 0.2) is 0 Å². The van der Waals surface area contributed by atoms with Crippen molar-refractivity contribution < 1.29 is 28.6 Å². The molecule has 2 unspecified atom stereocenters. The largest absolute Gasteiger partial charge is 0.466 e. The Balaban J connectivity index is 2.32. The van der Waals surface area contributed by atoms with E-state index in [1.165, 1.54) is 38.5 Å². The van der Waals surface area contributed by atoms with E-state index in [1.807, 2.05) is 13.1 Å². The molecule has 0 aliphatic carbocycles. The lowest BCUT2D eigenvalue weighted by molar-refractivity contribution is -0.150. The Morgan fingerprint density at radius 1 is 0.612 bits per heavy atom.